The van der Waals surface area contributed by atoms with E-state index in [1.807, 2.05) is 0 Å². The van der Waals surface area contributed by atoms with Gasteiger partial charge in [-0.25, -0.2) is 9.59 Å². The second kappa shape index (κ2) is 5.66. The number of pyridine rings is 1. The molecule has 0 saturated heterocycles. The summed E-state index contributed by atoms with van der Waals surface area (Å²) < 4.78 is 10.4. The molecule has 0 N–H and O–H groups in total. The second-order valence-corrected chi connectivity index (χ2v) is 5.61. The smallest absolute Gasteiger partial charge is 0.346 e. The molecule has 23 heavy (non-hydrogen) atoms. The standard InChI is InChI=1S/C17H14ClNO4/c1-4-22-16(20)13-8(2)14-15(19-9(13)3)11-7-10(18)5-6-12(11)23-17(14)21/h5-7H,4H2,1-3H3. The molecule has 0 bridgehead atoms. The lowest BCUT2D eigenvalue weighted by Gasteiger charge is -2.12. The molecule has 0 aliphatic carbocycles. The van der Waals surface area contributed by atoms with Crippen molar-refractivity contribution in [3.05, 3.63) is 50.5 Å². The number of carbonyl (C=O) groups excluding carboxylic acids is 1. The average Bonchev–Trinajstić information content (AvgIpc) is 2.48. The zero-order chi connectivity index (χ0) is 16.7. The minimum atomic E-state index is -0.537. The largest absolute Gasteiger partial charge is 0.462 e. The van der Waals surface area contributed by atoms with Gasteiger partial charge in [0.1, 0.15) is 5.58 Å². The molecule has 0 aliphatic rings. The number of fused-ring (bicyclic) bond motifs is 3. The fourth-order valence-electron chi connectivity index (χ4n) is 2.73. The van der Waals surface area contributed by atoms with E-state index in [9.17, 15) is 9.59 Å². The molecule has 3 rings (SSSR count). The molecule has 0 saturated carbocycles. The molecule has 0 unspecified atom stereocenters. The Kier molecular flexibility index (Phi) is 3.82. The van der Waals surface area contributed by atoms with Crippen LogP contribution in [-0.2, 0) is 4.74 Å². The highest BCUT2D eigenvalue weighted by Gasteiger charge is 2.21. The Labute approximate surface area is 136 Å². The molecule has 1 aromatic carbocycles. The number of carbonyl (C=O) groups is 1. The van der Waals surface area contributed by atoms with E-state index in [2.05, 4.69) is 4.98 Å². The first-order valence-corrected chi connectivity index (χ1v) is 7.52. The molecule has 0 aliphatic heterocycles. The first-order chi connectivity index (χ1) is 10.9. The van der Waals surface area contributed by atoms with Crippen molar-refractivity contribution in [3.8, 4) is 0 Å². The third kappa shape index (κ3) is 2.47. The van der Waals surface area contributed by atoms with Crippen molar-refractivity contribution in [2.75, 3.05) is 6.61 Å². The van der Waals surface area contributed by atoms with E-state index in [0.29, 0.717) is 38.3 Å². The maximum absolute atomic E-state index is 12.4. The van der Waals surface area contributed by atoms with Crippen LogP contribution in [0.2, 0.25) is 5.02 Å². The minimum absolute atomic E-state index is 0.248. The summed E-state index contributed by atoms with van der Waals surface area (Å²) in [4.78, 5) is 28.9. The van der Waals surface area contributed by atoms with Gasteiger partial charge in [0.05, 0.1) is 28.8 Å². The van der Waals surface area contributed by atoms with Crippen molar-refractivity contribution in [2.24, 2.45) is 0 Å². The summed E-state index contributed by atoms with van der Waals surface area (Å²) in [6.07, 6.45) is 0. The van der Waals surface area contributed by atoms with Crippen molar-refractivity contribution < 1.29 is 13.9 Å². The molecular formula is C17H14ClNO4. The summed E-state index contributed by atoms with van der Waals surface area (Å²) in [5.74, 6) is -0.498. The predicted molar refractivity (Wildman–Crippen MR) is 88.2 cm³/mol. The summed E-state index contributed by atoms with van der Waals surface area (Å²) in [7, 11) is 0. The molecule has 0 atom stereocenters. The van der Waals surface area contributed by atoms with Crippen molar-refractivity contribution in [3.63, 3.8) is 0 Å². The van der Waals surface area contributed by atoms with Gasteiger partial charge in [-0.3, -0.25) is 4.98 Å². The van der Waals surface area contributed by atoms with Crippen LogP contribution in [0.15, 0.2) is 27.4 Å². The quantitative estimate of drug-likeness (QED) is 0.406. The first-order valence-electron chi connectivity index (χ1n) is 7.14. The Morgan fingerprint density at radius 3 is 2.78 bits per heavy atom. The van der Waals surface area contributed by atoms with E-state index >= 15 is 0 Å². The molecule has 3 aromatic rings. The molecule has 2 aromatic heterocycles. The summed E-state index contributed by atoms with van der Waals surface area (Å²) in [5.41, 5.74) is 1.64. The lowest BCUT2D eigenvalue weighted by atomic mass is 10.0. The van der Waals surface area contributed by atoms with E-state index in [4.69, 9.17) is 20.8 Å². The number of ether oxygens (including phenoxy) is 1. The summed E-state index contributed by atoms with van der Waals surface area (Å²) in [6.45, 7) is 5.37. The Bertz CT molecular complexity index is 1010. The predicted octanol–water partition coefficient (Wildman–Crippen LogP) is 3.79. The molecule has 2 heterocycles. The molecule has 0 fully saturated rings. The van der Waals surface area contributed by atoms with Crippen molar-refractivity contribution in [1.82, 2.24) is 4.98 Å². The molecule has 0 radical (unpaired) electrons. The molecule has 0 amide bonds. The number of hydrogen-bond donors (Lipinski definition) is 0. The first kappa shape index (κ1) is 15.5. The zero-order valence-electron chi connectivity index (χ0n) is 12.9. The molecule has 0 spiro atoms. The topological polar surface area (TPSA) is 69.4 Å². The molecule has 5 nitrogen and oxygen atoms in total. The Morgan fingerprint density at radius 1 is 1.35 bits per heavy atom. The number of rotatable bonds is 2. The summed E-state index contributed by atoms with van der Waals surface area (Å²) in [6, 6.07) is 4.97. The molecule has 6 heteroatoms. The van der Waals surface area contributed by atoms with Crippen LogP contribution >= 0.6 is 11.6 Å². The van der Waals surface area contributed by atoms with Crippen LogP contribution in [0.1, 0.15) is 28.5 Å². The second-order valence-electron chi connectivity index (χ2n) is 5.17. The third-order valence-electron chi connectivity index (χ3n) is 3.71. The van der Waals surface area contributed by atoms with Crippen LogP contribution in [0.3, 0.4) is 0 Å². The Balaban J connectivity index is 2.47. The maximum atomic E-state index is 12.4. The van der Waals surface area contributed by atoms with Gasteiger partial charge in [-0.05, 0) is 44.5 Å². The maximum Gasteiger partial charge on any atom is 0.346 e. The van der Waals surface area contributed by atoms with Crippen LogP contribution in [0, 0.1) is 13.8 Å². The number of nitrogens with zero attached hydrogens (tertiary/aromatic N) is 1. The Hall–Kier alpha value is -2.40. The Morgan fingerprint density at radius 2 is 2.09 bits per heavy atom. The van der Waals surface area contributed by atoms with Crippen LogP contribution in [0.5, 0.6) is 0 Å². The SMILES string of the molecule is CCOC(=O)c1c(C)nc2c(c1C)c(=O)oc1ccc(Cl)cc12. The fraction of sp³-hybridized carbons (Fsp3) is 0.235. The number of hydrogen-bond acceptors (Lipinski definition) is 5. The van der Waals surface area contributed by atoms with Gasteiger partial charge in [-0.1, -0.05) is 11.6 Å². The number of halogens is 1. The van der Waals surface area contributed by atoms with Gasteiger partial charge in [0.25, 0.3) is 0 Å². The highest BCUT2D eigenvalue weighted by Crippen LogP contribution is 2.28. The molecular weight excluding hydrogens is 318 g/mol. The van der Waals surface area contributed by atoms with Crippen molar-refractivity contribution in [2.45, 2.75) is 20.8 Å². The van der Waals surface area contributed by atoms with Gasteiger partial charge in [0.15, 0.2) is 0 Å². The lowest BCUT2D eigenvalue weighted by molar-refractivity contribution is 0.0524. The molecule has 118 valence electrons. The van der Waals surface area contributed by atoms with Gasteiger partial charge in [0, 0.05) is 10.4 Å². The summed E-state index contributed by atoms with van der Waals surface area (Å²) >= 11 is 6.04. The zero-order valence-corrected chi connectivity index (χ0v) is 13.7. The van der Waals surface area contributed by atoms with Gasteiger partial charge < -0.3 is 9.15 Å². The van der Waals surface area contributed by atoms with Crippen LogP contribution in [0.25, 0.3) is 21.9 Å². The number of esters is 1. The van der Waals surface area contributed by atoms with E-state index in [0.717, 1.165) is 0 Å². The highest BCUT2D eigenvalue weighted by molar-refractivity contribution is 6.31. The normalized spacial score (nSPS) is 11.1. The summed E-state index contributed by atoms with van der Waals surface area (Å²) in [5, 5.41) is 1.42. The van der Waals surface area contributed by atoms with E-state index < -0.39 is 11.6 Å². The highest BCUT2D eigenvalue weighted by atomic mass is 35.5. The van der Waals surface area contributed by atoms with Crippen molar-refractivity contribution in [1.29, 1.82) is 0 Å². The monoisotopic (exact) mass is 331 g/mol. The van der Waals surface area contributed by atoms with Crippen LogP contribution in [0.4, 0.5) is 0 Å². The third-order valence-corrected chi connectivity index (χ3v) is 3.95. The van der Waals surface area contributed by atoms with Gasteiger partial charge in [-0.15, -0.1) is 0 Å². The van der Waals surface area contributed by atoms with E-state index in [1.54, 1.807) is 39.0 Å². The van der Waals surface area contributed by atoms with Crippen LogP contribution < -0.4 is 5.63 Å². The van der Waals surface area contributed by atoms with E-state index in [-0.39, 0.29) is 12.0 Å². The average molecular weight is 332 g/mol. The number of aromatic nitrogens is 1. The van der Waals surface area contributed by atoms with E-state index in [1.165, 1.54) is 0 Å². The number of benzene rings is 1. The minimum Gasteiger partial charge on any atom is -0.462 e. The van der Waals surface area contributed by atoms with Crippen molar-refractivity contribution >= 4 is 39.4 Å². The van der Waals surface area contributed by atoms with Gasteiger partial charge >= 0.3 is 11.6 Å². The lowest BCUT2D eigenvalue weighted by Crippen LogP contribution is -2.14. The van der Waals surface area contributed by atoms with Gasteiger partial charge in [-0.2, -0.15) is 0 Å². The fourth-order valence-corrected chi connectivity index (χ4v) is 2.90. The number of aryl methyl sites for hydroxylation is 2. The van der Waals surface area contributed by atoms with Gasteiger partial charge in [0.2, 0.25) is 0 Å². The van der Waals surface area contributed by atoms with Crippen LogP contribution in [-0.4, -0.2) is 17.6 Å².